The number of nitrogens with one attached hydrogen (secondary N) is 1. The number of hydrogen-bond acceptors (Lipinski definition) is 4. The van der Waals surface area contributed by atoms with Crippen molar-refractivity contribution in [2.75, 3.05) is 12.4 Å². The lowest BCUT2D eigenvalue weighted by molar-refractivity contribution is 0.575. The van der Waals surface area contributed by atoms with Crippen LogP contribution in [0.5, 0.6) is 0 Å². The normalized spacial score (nSPS) is 10.3. The van der Waals surface area contributed by atoms with E-state index in [0.29, 0.717) is 5.82 Å². The van der Waals surface area contributed by atoms with Crippen molar-refractivity contribution >= 4 is 5.82 Å². The maximum absolute atomic E-state index is 5.35. The topological polar surface area (TPSA) is 51.0 Å². The summed E-state index contributed by atoms with van der Waals surface area (Å²) in [5, 5.41) is 3.00. The van der Waals surface area contributed by atoms with Gasteiger partial charge in [0.1, 0.15) is 5.82 Å². The summed E-state index contributed by atoms with van der Waals surface area (Å²) in [5.41, 5.74) is 1.96. The standard InChI is InChI=1S/C11H13N3O/c1-7-4-5-15-10(7)11-13-8(2)6-9(12-3)14-11/h4-6H,1-3H3,(H,12,13,14). The van der Waals surface area contributed by atoms with Crippen molar-refractivity contribution in [2.24, 2.45) is 0 Å². The Kier molecular flexibility index (Phi) is 2.41. The van der Waals surface area contributed by atoms with Gasteiger partial charge in [0.2, 0.25) is 0 Å². The molecule has 0 spiro atoms. The lowest BCUT2D eigenvalue weighted by Gasteiger charge is -2.03. The SMILES string of the molecule is CNc1cc(C)nc(-c2occc2C)n1. The van der Waals surface area contributed by atoms with E-state index in [-0.39, 0.29) is 0 Å². The minimum Gasteiger partial charge on any atom is -0.461 e. The van der Waals surface area contributed by atoms with Gasteiger partial charge in [-0.1, -0.05) is 0 Å². The zero-order valence-electron chi connectivity index (χ0n) is 9.03. The van der Waals surface area contributed by atoms with Crippen LogP contribution in [0.25, 0.3) is 11.6 Å². The molecule has 1 N–H and O–H groups in total. The van der Waals surface area contributed by atoms with Crippen LogP contribution in [0.15, 0.2) is 22.8 Å². The Morgan fingerprint density at radius 3 is 2.67 bits per heavy atom. The number of furan rings is 1. The lowest BCUT2D eigenvalue weighted by Crippen LogP contribution is -1.98. The Hall–Kier alpha value is -1.84. The minimum atomic E-state index is 0.627. The quantitative estimate of drug-likeness (QED) is 0.814. The molecular formula is C11H13N3O. The van der Waals surface area contributed by atoms with Crippen molar-refractivity contribution in [3.05, 3.63) is 29.7 Å². The van der Waals surface area contributed by atoms with Crippen LogP contribution in [-0.4, -0.2) is 17.0 Å². The lowest BCUT2D eigenvalue weighted by atomic mass is 10.2. The summed E-state index contributed by atoms with van der Waals surface area (Å²) in [6.45, 7) is 3.91. The zero-order chi connectivity index (χ0) is 10.8. The molecular weight excluding hydrogens is 190 g/mol. The van der Waals surface area contributed by atoms with E-state index in [1.807, 2.05) is 33.0 Å². The molecule has 0 bridgehead atoms. The van der Waals surface area contributed by atoms with Gasteiger partial charge in [-0.3, -0.25) is 0 Å². The van der Waals surface area contributed by atoms with Gasteiger partial charge >= 0.3 is 0 Å². The number of rotatable bonds is 2. The van der Waals surface area contributed by atoms with E-state index in [2.05, 4.69) is 15.3 Å². The van der Waals surface area contributed by atoms with Gasteiger partial charge in [0.05, 0.1) is 6.26 Å². The van der Waals surface area contributed by atoms with Crippen molar-refractivity contribution in [3.63, 3.8) is 0 Å². The van der Waals surface area contributed by atoms with Crippen LogP contribution in [0.2, 0.25) is 0 Å². The Bertz CT molecular complexity index is 476. The van der Waals surface area contributed by atoms with Crippen LogP contribution in [-0.2, 0) is 0 Å². The van der Waals surface area contributed by atoms with Gasteiger partial charge in [-0.25, -0.2) is 9.97 Å². The fourth-order valence-electron chi connectivity index (χ4n) is 1.40. The second kappa shape index (κ2) is 3.73. The van der Waals surface area contributed by atoms with E-state index < -0.39 is 0 Å². The largest absolute Gasteiger partial charge is 0.461 e. The maximum Gasteiger partial charge on any atom is 0.198 e. The minimum absolute atomic E-state index is 0.627. The van der Waals surface area contributed by atoms with Crippen LogP contribution in [0, 0.1) is 13.8 Å². The van der Waals surface area contributed by atoms with Gasteiger partial charge in [-0.05, 0) is 25.5 Å². The molecule has 0 fully saturated rings. The summed E-state index contributed by atoms with van der Waals surface area (Å²) >= 11 is 0. The van der Waals surface area contributed by atoms with Crippen LogP contribution in [0.1, 0.15) is 11.3 Å². The number of anilines is 1. The second-order valence-corrected chi connectivity index (χ2v) is 3.40. The van der Waals surface area contributed by atoms with E-state index >= 15 is 0 Å². The van der Waals surface area contributed by atoms with Crippen molar-refractivity contribution in [2.45, 2.75) is 13.8 Å². The summed E-state index contributed by atoms with van der Waals surface area (Å²) < 4.78 is 5.35. The molecule has 2 aromatic heterocycles. The Morgan fingerprint density at radius 1 is 1.27 bits per heavy atom. The summed E-state index contributed by atoms with van der Waals surface area (Å²) in [4.78, 5) is 8.68. The Balaban J connectivity index is 2.53. The molecule has 0 atom stereocenters. The predicted octanol–water partition coefficient (Wildman–Crippen LogP) is 2.40. The second-order valence-electron chi connectivity index (χ2n) is 3.40. The molecule has 2 aromatic rings. The molecule has 0 saturated heterocycles. The van der Waals surface area contributed by atoms with Gasteiger partial charge in [0.25, 0.3) is 0 Å². The molecule has 0 aliphatic carbocycles. The molecule has 15 heavy (non-hydrogen) atoms. The van der Waals surface area contributed by atoms with E-state index in [1.165, 1.54) is 0 Å². The first-order valence-corrected chi connectivity index (χ1v) is 4.78. The molecule has 4 nitrogen and oxygen atoms in total. The third-order valence-corrected chi connectivity index (χ3v) is 2.18. The monoisotopic (exact) mass is 203 g/mol. The van der Waals surface area contributed by atoms with Crippen LogP contribution < -0.4 is 5.32 Å². The average Bonchev–Trinajstić information content (AvgIpc) is 2.63. The first-order chi connectivity index (χ1) is 7.20. The van der Waals surface area contributed by atoms with E-state index in [0.717, 1.165) is 22.8 Å². The number of nitrogens with zero attached hydrogens (tertiary/aromatic N) is 2. The molecule has 0 saturated carbocycles. The van der Waals surface area contributed by atoms with E-state index in [1.54, 1.807) is 6.26 Å². The third-order valence-electron chi connectivity index (χ3n) is 2.18. The summed E-state index contributed by atoms with van der Waals surface area (Å²) in [6.07, 6.45) is 1.65. The Labute approximate surface area is 88.4 Å². The first kappa shape index (κ1) is 9.71. The fourth-order valence-corrected chi connectivity index (χ4v) is 1.40. The molecule has 78 valence electrons. The number of hydrogen-bond donors (Lipinski definition) is 1. The Morgan fingerprint density at radius 2 is 2.07 bits per heavy atom. The van der Waals surface area contributed by atoms with Gasteiger partial charge in [-0.15, -0.1) is 0 Å². The molecule has 0 aromatic carbocycles. The first-order valence-electron chi connectivity index (χ1n) is 4.78. The zero-order valence-corrected chi connectivity index (χ0v) is 9.03. The van der Waals surface area contributed by atoms with Crippen molar-refractivity contribution in [3.8, 4) is 11.6 Å². The molecule has 0 radical (unpaired) electrons. The highest BCUT2D eigenvalue weighted by atomic mass is 16.3. The molecule has 2 heterocycles. The number of aryl methyl sites for hydroxylation is 2. The van der Waals surface area contributed by atoms with Crippen LogP contribution in [0.3, 0.4) is 0 Å². The molecule has 0 aliphatic rings. The molecule has 0 unspecified atom stereocenters. The maximum atomic E-state index is 5.35. The fraction of sp³-hybridized carbons (Fsp3) is 0.273. The predicted molar refractivity (Wildman–Crippen MR) is 58.8 cm³/mol. The van der Waals surface area contributed by atoms with Gasteiger partial charge in [0.15, 0.2) is 11.6 Å². The van der Waals surface area contributed by atoms with Crippen molar-refractivity contribution in [1.29, 1.82) is 0 Å². The smallest absolute Gasteiger partial charge is 0.198 e. The summed E-state index contributed by atoms with van der Waals surface area (Å²) in [5.74, 6) is 2.16. The summed E-state index contributed by atoms with van der Waals surface area (Å²) in [7, 11) is 1.83. The van der Waals surface area contributed by atoms with Crippen molar-refractivity contribution in [1.82, 2.24) is 9.97 Å². The molecule has 0 amide bonds. The van der Waals surface area contributed by atoms with Crippen molar-refractivity contribution < 1.29 is 4.42 Å². The highest BCUT2D eigenvalue weighted by molar-refractivity contribution is 5.55. The van der Waals surface area contributed by atoms with E-state index in [9.17, 15) is 0 Å². The highest BCUT2D eigenvalue weighted by Gasteiger charge is 2.09. The van der Waals surface area contributed by atoms with Gasteiger partial charge in [-0.2, -0.15) is 0 Å². The molecule has 2 rings (SSSR count). The van der Waals surface area contributed by atoms with Crippen LogP contribution in [0.4, 0.5) is 5.82 Å². The molecule has 4 heteroatoms. The highest BCUT2D eigenvalue weighted by Crippen LogP contribution is 2.22. The number of aromatic nitrogens is 2. The van der Waals surface area contributed by atoms with Gasteiger partial charge < -0.3 is 9.73 Å². The average molecular weight is 203 g/mol. The third kappa shape index (κ3) is 1.83. The van der Waals surface area contributed by atoms with Crippen LogP contribution >= 0.6 is 0 Å². The van der Waals surface area contributed by atoms with E-state index in [4.69, 9.17) is 4.42 Å². The summed E-state index contributed by atoms with van der Waals surface area (Å²) in [6, 6.07) is 3.79. The molecule has 0 aliphatic heterocycles. The van der Waals surface area contributed by atoms with Gasteiger partial charge in [0, 0.05) is 18.8 Å².